The average Bonchev–Trinajstić information content (AvgIpc) is 2.98. The highest BCUT2D eigenvalue weighted by Gasteiger charge is 2.02. The first kappa shape index (κ1) is 17.9. The van der Waals surface area contributed by atoms with Gasteiger partial charge < -0.3 is 10.6 Å². The molecule has 0 radical (unpaired) electrons. The standard InChI is InChI=1S/C18H21N3O2S/c1-3-4-18(23)21-15-7-5-14(6-8-15)11-19-17(22)10-9-16-12-24-13(2)20-16/h5-10,12H,3-4,11H2,1-2H3,(H,19,22)(H,21,23). The Labute approximate surface area is 145 Å². The summed E-state index contributed by atoms with van der Waals surface area (Å²) < 4.78 is 0. The summed E-state index contributed by atoms with van der Waals surface area (Å²) in [7, 11) is 0. The van der Waals surface area contributed by atoms with Gasteiger partial charge in [0.2, 0.25) is 11.8 Å². The van der Waals surface area contributed by atoms with Gasteiger partial charge in [0.15, 0.2) is 0 Å². The maximum atomic E-state index is 11.8. The van der Waals surface area contributed by atoms with E-state index in [0.717, 1.165) is 28.4 Å². The van der Waals surface area contributed by atoms with Crippen molar-refractivity contribution in [3.05, 3.63) is 52.0 Å². The summed E-state index contributed by atoms with van der Waals surface area (Å²) in [5.74, 6) is -0.151. The molecular weight excluding hydrogens is 322 g/mol. The molecule has 6 heteroatoms. The molecule has 1 aromatic carbocycles. The first-order valence-electron chi connectivity index (χ1n) is 7.83. The topological polar surface area (TPSA) is 71.1 Å². The number of aryl methyl sites for hydroxylation is 1. The van der Waals surface area contributed by atoms with Crippen molar-refractivity contribution in [1.82, 2.24) is 10.3 Å². The van der Waals surface area contributed by atoms with Crippen LogP contribution in [0.1, 0.15) is 36.0 Å². The lowest BCUT2D eigenvalue weighted by molar-refractivity contribution is -0.117. The molecule has 0 aliphatic carbocycles. The maximum Gasteiger partial charge on any atom is 0.244 e. The minimum absolute atomic E-state index is 0.0148. The lowest BCUT2D eigenvalue weighted by atomic mass is 10.2. The van der Waals surface area contributed by atoms with Crippen molar-refractivity contribution >= 4 is 34.9 Å². The van der Waals surface area contributed by atoms with E-state index in [0.29, 0.717) is 13.0 Å². The lowest BCUT2D eigenvalue weighted by Gasteiger charge is -2.06. The molecule has 0 unspecified atom stereocenters. The number of carbonyl (C=O) groups is 2. The third-order valence-electron chi connectivity index (χ3n) is 3.22. The molecule has 2 aromatic rings. The van der Waals surface area contributed by atoms with Crippen LogP contribution in [0, 0.1) is 6.92 Å². The van der Waals surface area contributed by atoms with Gasteiger partial charge in [-0.15, -0.1) is 11.3 Å². The predicted molar refractivity (Wildman–Crippen MR) is 97.7 cm³/mol. The van der Waals surface area contributed by atoms with Crippen LogP contribution in [0.5, 0.6) is 0 Å². The smallest absolute Gasteiger partial charge is 0.244 e. The zero-order chi connectivity index (χ0) is 17.4. The monoisotopic (exact) mass is 343 g/mol. The molecule has 24 heavy (non-hydrogen) atoms. The van der Waals surface area contributed by atoms with Crippen LogP contribution in [0.2, 0.25) is 0 Å². The van der Waals surface area contributed by atoms with Crippen molar-refractivity contribution in [1.29, 1.82) is 0 Å². The third kappa shape index (κ3) is 5.96. The Kier molecular flexibility index (Phi) is 6.69. The molecule has 2 N–H and O–H groups in total. The van der Waals surface area contributed by atoms with Crippen LogP contribution in [0.15, 0.2) is 35.7 Å². The molecule has 1 heterocycles. The van der Waals surface area contributed by atoms with E-state index in [9.17, 15) is 9.59 Å². The number of hydrogen-bond donors (Lipinski definition) is 2. The summed E-state index contributed by atoms with van der Waals surface area (Å²) >= 11 is 1.55. The Bertz CT molecular complexity index is 720. The third-order valence-corrected chi connectivity index (χ3v) is 4.02. The molecule has 0 aliphatic rings. The van der Waals surface area contributed by atoms with Crippen LogP contribution >= 0.6 is 11.3 Å². The van der Waals surface area contributed by atoms with Crippen LogP contribution in [0.25, 0.3) is 6.08 Å². The molecule has 2 rings (SSSR count). The van der Waals surface area contributed by atoms with Crippen LogP contribution in [-0.2, 0) is 16.1 Å². The van der Waals surface area contributed by atoms with Gasteiger partial charge in [0, 0.05) is 30.1 Å². The largest absolute Gasteiger partial charge is 0.348 e. The molecule has 0 saturated carbocycles. The van der Waals surface area contributed by atoms with E-state index in [-0.39, 0.29) is 11.8 Å². The minimum atomic E-state index is -0.166. The fourth-order valence-corrected chi connectivity index (χ4v) is 2.60. The number of aromatic nitrogens is 1. The molecule has 5 nitrogen and oxygen atoms in total. The van der Waals surface area contributed by atoms with E-state index in [1.165, 1.54) is 6.08 Å². The number of hydrogen-bond acceptors (Lipinski definition) is 4. The summed E-state index contributed by atoms with van der Waals surface area (Å²) in [4.78, 5) is 27.6. The van der Waals surface area contributed by atoms with Crippen molar-refractivity contribution in [2.75, 3.05) is 5.32 Å². The van der Waals surface area contributed by atoms with E-state index in [1.807, 2.05) is 43.5 Å². The Balaban J connectivity index is 1.80. The van der Waals surface area contributed by atoms with Gasteiger partial charge in [-0.1, -0.05) is 19.1 Å². The van der Waals surface area contributed by atoms with Gasteiger partial charge in [-0.2, -0.15) is 0 Å². The molecular formula is C18H21N3O2S. The van der Waals surface area contributed by atoms with Crippen LogP contribution in [0.3, 0.4) is 0 Å². The summed E-state index contributed by atoms with van der Waals surface area (Å²) in [6.07, 6.45) is 4.52. The molecule has 0 fully saturated rings. The molecule has 126 valence electrons. The van der Waals surface area contributed by atoms with Crippen LogP contribution in [0.4, 0.5) is 5.69 Å². The van der Waals surface area contributed by atoms with E-state index >= 15 is 0 Å². The minimum Gasteiger partial charge on any atom is -0.348 e. The van der Waals surface area contributed by atoms with Crippen molar-refractivity contribution < 1.29 is 9.59 Å². The second-order valence-electron chi connectivity index (χ2n) is 5.34. The number of carbonyl (C=O) groups excluding carboxylic acids is 2. The molecule has 0 saturated heterocycles. The number of rotatable bonds is 7. The van der Waals surface area contributed by atoms with Crippen molar-refractivity contribution in [3.63, 3.8) is 0 Å². The van der Waals surface area contributed by atoms with Gasteiger partial charge in [-0.3, -0.25) is 9.59 Å². The number of thiazole rings is 1. The fraction of sp³-hybridized carbons (Fsp3) is 0.278. The first-order valence-corrected chi connectivity index (χ1v) is 8.71. The fourth-order valence-electron chi connectivity index (χ4n) is 2.02. The molecule has 0 aliphatic heterocycles. The summed E-state index contributed by atoms with van der Waals surface area (Å²) in [6.45, 7) is 4.33. The second-order valence-corrected chi connectivity index (χ2v) is 6.40. The second kappa shape index (κ2) is 8.98. The van der Waals surface area contributed by atoms with Crippen molar-refractivity contribution in [2.45, 2.75) is 33.2 Å². The summed E-state index contributed by atoms with van der Waals surface area (Å²) in [6, 6.07) is 7.44. The highest BCUT2D eigenvalue weighted by atomic mass is 32.1. The van der Waals surface area contributed by atoms with Gasteiger partial charge >= 0.3 is 0 Å². The summed E-state index contributed by atoms with van der Waals surface area (Å²) in [5, 5.41) is 8.53. The SMILES string of the molecule is CCCC(=O)Nc1ccc(CNC(=O)C=Cc2csc(C)n2)cc1. The molecule has 0 bridgehead atoms. The highest BCUT2D eigenvalue weighted by Crippen LogP contribution is 2.11. The predicted octanol–water partition coefficient (Wildman–Crippen LogP) is 3.52. The Morgan fingerprint density at radius 2 is 2.00 bits per heavy atom. The number of anilines is 1. The average molecular weight is 343 g/mol. The van der Waals surface area contributed by atoms with Gasteiger partial charge in [-0.25, -0.2) is 4.98 Å². The van der Waals surface area contributed by atoms with Crippen molar-refractivity contribution in [2.24, 2.45) is 0 Å². The highest BCUT2D eigenvalue weighted by molar-refractivity contribution is 7.09. The molecule has 2 amide bonds. The van der Waals surface area contributed by atoms with Gasteiger partial charge in [0.25, 0.3) is 0 Å². The molecule has 1 aromatic heterocycles. The van der Waals surface area contributed by atoms with E-state index < -0.39 is 0 Å². The first-order chi connectivity index (χ1) is 11.6. The van der Waals surface area contributed by atoms with Crippen molar-refractivity contribution in [3.8, 4) is 0 Å². The summed E-state index contributed by atoms with van der Waals surface area (Å²) in [5.41, 5.74) is 2.52. The molecule has 0 spiro atoms. The van der Waals surface area contributed by atoms with Crippen LogP contribution in [-0.4, -0.2) is 16.8 Å². The Morgan fingerprint density at radius 3 is 2.62 bits per heavy atom. The van der Waals surface area contributed by atoms with Crippen LogP contribution < -0.4 is 10.6 Å². The number of nitrogens with one attached hydrogen (secondary N) is 2. The van der Waals surface area contributed by atoms with E-state index in [4.69, 9.17) is 0 Å². The number of nitrogens with zero attached hydrogens (tertiary/aromatic N) is 1. The maximum absolute atomic E-state index is 11.8. The quantitative estimate of drug-likeness (QED) is 0.756. The molecule has 0 atom stereocenters. The zero-order valence-corrected chi connectivity index (χ0v) is 14.7. The lowest BCUT2D eigenvalue weighted by Crippen LogP contribution is -2.20. The normalized spacial score (nSPS) is 10.8. The zero-order valence-electron chi connectivity index (χ0n) is 13.8. The van der Waals surface area contributed by atoms with E-state index in [1.54, 1.807) is 17.4 Å². The van der Waals surface area contributed by atoms with Gasteiger partial charge in [-0.05, 0) is 37.1 Å². The van der Waals surface area contributed by atoms with E-state index in [2.05, 4.69) is 15.6 Å². The number of amides is 2. The van der Waals surface area contributed by atoms with Gasteiger partial charge in [0.05, 0.1) is 10.7 Å². The number of benzene rings is 1. The van der Waals surface area contributed by atoms with Gasteiger partial charge in [0.1, 0.15) is 0 Å². The Hall–Kier alpha value is -2.47. The Morgan fingerprint density at radius 1 is 1.25 bits per heavy atom.